The van der Waals surface area contributed by atoms with Crippen LogP contribution in [0.1, 0.15) is 12.7 Å². The Hall–Kier alpha value is -1.88. The highest BCUT2D eigenvalue weighted by atomic mass is 16.5. The summed E-state index contributed by atoms with van der Waals surface area (Å²) < 4.78 is 10.5. The van der Waals surface area contributed by atoms with E-state index < -0.39 is 0 Å². The van der Waals surface area contributed by atoms with E-state index >= 15 is 0 Å². The van der Waals surface area contributed by atoms with E-state index in [2.05, 4.69) is 15.5 Å². The smallest absolute Gasteiger partial charge is 0.261 e. The van der Waals surface area contributed by atoms with E-state index in [1.807, 2.05) is 31.2 Å². The van der Waals surface area contributed by atoms with Crippen LogP contribution in [0.5, 0.6) is 5.75 Å². The first-order chi connectivity index (χ1) is 8.35. The zero-order valence-electron chi connectivity index (χ0n) is 9.93. The molecule has 0 bridgehead atoms. The highest BCUT2D eigenvalue weighted by molar-refractivity contribution is 5.62. The molecule has 0 atom stereocenters. The fraction of sp³-hybridized carbons (Fsp3) is 0.333. The summed E-state index contributed by atoms with van der Waals surface area (Å²) in [7, 11) is 1.62. The van der Waals surface area contributed by atoms with Crippen molar-refractivity contribution in [3.05, 3.63) is 30.1 Å². The first-order valence-electron chi connectivity index (χ1n) is 5.52. The van der Waals surface area contributed by atoms with Crippen LogP contribution in [0.4, 0.5) is 0 Å². The van der Waals surface area contributed by atoms with Crippen molar-refractivity contribution in [2.24, 2.45) is 0 Å². The number of hydrogen-bond donors (Lipinski definition) is 1. The second-order valence-electron chi connectivity index (χ2n) is 3.50. The van der Waals surface area contributed by atoms with Gasteiger partial charge in [0.1, 0.15) is 5.75 Å². The van der Waals surface area contributed by atoms with Gasteiger partial charge in [-0.2, -0.15) is 4.98 Å². The minimum atomic E-state index is 0.482. The van der Waals surface area contributed by atoms with Crippen molar-refractivity contribution in [1.82, 2.24) is 15.5 Å². The predicted octanol–water partition coefficient (Wildman–Crippen LogP) is 1.85. The van der Waals surface area contributed by atoms with E-state index in [9.17, 15) is 0 Å². The lowest BCUT2D eigenvalue weighted by molar-refractivity contribution is 0.402. The lowest BCUT2D eigenvalue weighted by Gasteiger charge is -2.02. The quantitative estimate of drug-likeness (QED) is 0.854. The fourth-order valence-corrected chi connectivity index (χ4v) is 1.49. The molecule has 1 N–H and O–H groups in total. The Kier molecular flexibility index (Phi) is 3.72. The predicted molar refractivity (Wildman–Crippen MR) is 63.7 cm³/mol. The van der Waals surface area contributed by atoms with E-state index in [0.717, 1.165) is 17.9 Å². The molecule has 0 aliphatic heterocycles. The van der Waals surface area contributed by atoms with Crippen molar-refractivity contribution in [3.8, 4) is 17.2 Å². The first-order valence-corrected chi connectivity index (χ1v) is 5.52. The summed E-state index contributed by atoms with van der Waals surface area (Å²) in [6, 6.07) is 7.57. The van der Waals surface area contributed by atoms with Gasteiger partial charge in [-0.25, -0.2) is 0 Å². The molecule has 5 heteroatoms. The highest BCUT2D eigenvalue weighted by Gasteiger charge is 2.12. The molecule has 0 saturated carbocycles. The van der Waals surface area contributed by atoms with Crippen LogP contribution in [-0.2, 0) is 6.54 Å². The maximum absolute atomic E-state index is 5.25. The van der Waals surface area contributed by atoms with E-state index in [-0.39, 0.29) is 0 Å². The number of rotatable bonds is 5. The summed E-state index contributed by atoms with van der Waals surface area (Å²) in [6.45, 7) is 3.51. The molecule has 0 radical (unpaired) electrons. The van der Waals surface area contributed by atoms with Gasteiger partial charge in [0.05, 0.1) is 19.2 Å². The Morgan fingerprint density at radius 3 is 2.94 bits per heavy atom. The molecular formula is C12H15N3O2. The summed E-state index contributed by atoms with van der Waals surface area (Å²) in [6.07, 6.45) is 0. The number of methoxy groups -OCH3 is 1. The fourth-order valence-electron chi connectivity index (χ4n) is 1.49. The molecule has 0 saturated heterocycles. The Morgan fingerprint density at radius 1 is 1.35 bits per heavy atom. The second-order valence-corrected chi connectivity index (χ2v) is 3.50. The van der Waals surface area contributed by atoms with Crippen LogP contribution in [0, 0.1) is 0 Å². The highest BCUT2D eigenvalue weighted by Crippen LogP contribution is 2.27. The zero-order chi connectivity index (χ0) is 12.1. The number of para-hydroxylation sites is 1. The summed E-state index contributed by atoms with van der Waals surface area (Å²) in [5, 5.41) is 7.04. The number of nitrogens with zero attached hydrogens (tertiary/aromatic N) is 2. The molecule has 5 nitrogen and oxygen atoms in total. The standard InChI is InChI=1S/C12H15N3O2/c1-3-13-8-11-14-12(17-15-11)9-6-4-5-7-10(9)16-2/h4-7,13H,3,8H2,1-2H3. The maximum atomic E-state index is 5.25. The van der Waals surface area contributed by atoms with Crippen LogP contribution < -0.4 is 10.1 Å². The van der Waals surface area contributed by atoms with Gasteiger partial charge in [-0.3, -0.25) is 0 Å². The van der Waals surface area contributed by atoms with Crippen LogP contribution in [-0.4, -0.2) is 23.8 Å². The molecule has 1 aromatic carbocycles. The Morgan fingerprint density at radius 2 is 2.18 bits per heavy atom. The monoisotopic (exact) mass is 233 g/mol. The number of ether oxygens (including phenoxy) is 1. The van der Waals surface area contributed by atoms with Gasteiger partial charge in [-0.05, 0) is 18.7 Å². The molecule has 0 unspecified atom stereocenters. The van der Waals surface area contributed by atoms with Gasteiger partial charge < -0.3 is 14.6 Å². The third-order valence-corrected chi connectivity index (χ3v) is 2.34. The van der Waals surface area contributed by atoms with Crippen LogP contribution in [0.3, 0.4) is 0 Å². The van der Waals surface area contributed by atoms with Gasteiger partial charge in [0.25, 0.3) is 5.89 Å². The minimum Gasteiger partial charge on any atom is -0.496 e. The van der Waals surface area contributed by atoms with Crippen molar-refractivity contribution in [2.45, 2.75) is 13.5 Å². The molecule has 2 rings (SSSR count). The van der Waals surface area contributed by atoms with Gasteiger partial charge in [0, 0.05) is 0 Å². The normalized spacial score (nSPS) is 10.5. The summed E-state index contributed by atoms with van der Waals surface area (Å²) in [5.74, 6) is 1.86. The van der Waals surface area contributed by atoms with Crippen LogP contribution in [0.2, 0.25) is 0 Å². The summed E-state index contributed by atoms with van der Waals surface area (Å²) in [5.41, 5.74) is 0.810. The molecule has 0 aliphatic carbocycles. The zero-order valence-corrected chi connectivity index (χ0v) is 9.93. The molecule has 0 spiro atoms. The van der Waals surface area contributed by atoms with Gasteiger partial charge in [0.15, 0.2) is 5.82 Å². The molecule has 0 amide bonds. The Bertz CT molecular complexity index is 482. The van der Waals surface area contributed by atoms with Crippen LogP contribution in [0.25, 0.3) is 11.5 Å². The molecule has 1 aromatic heterocycles. The molecule has 17 heavy (non-hydrogen) atoms. The van der Waals surface area contributed by atoms with Crippen molar-refractivity contribution in [1.29, 1.82) is 0 Å². The van der Waals surface area contributed by atoms with Gasteiger partial charge in [-0.1, -0.05) is 24.2 Å². The minimum absolute atomic E-state index is 0.482. The Balaban J connectivity index is 2.24. The van der Waals surface area contributed by atoms with Gasteiger partial charge in [0.2, 0.25) is 0 Å². The summed E-state index contributed by atoms with van der Waals surface area (Å²) in [4.78, 5) is 4.31. The Labute approximate surface area is 99.8 Å². The average molecular weight is 233 g/mol. The largest absolute Gasteiger partial charge is 0.496 e. The summed E-state index contributed by atoms with van der Waals surface area (Å²) >= 11 is 0. The average Bonchev–Trinajstić information content (AvgIpc) is 2.85. The molecular weight excluding hydrogens is 218 g/mol. The number of hydrogen-bond acceptors (Lipinski definition) is 5. The van der Waals surface area contributed by atoms with Gasteiger partial charge in [-0.15, -0.1) is 0 Å². The van der Waals surface area contributed by atoms with Crippen molar-refractivity contribution in [3.63, 3.8) is 0 Å². The van der Waals surface area contributed by atoms with E-state index in [1.165, 1.54) is 0 Å². The van der Waals surface area contributed by atoms with Crippen molar-refractivity contribution >= 4 is 0 Å². The third-order valence-electron chi connectivity index (χ3n) is 2.34. The second kappa shape index (κ2) is 5.45. The molecule has 2 aromatic rings. The van der Waals surface area contributed by atoms with E-state index in [0.29, 0.717) is 18.3 Å². The van der Waals surface area contributed by atoms with E-state index in [4.69, 9.17) is 9.26 Å². The van der Waals surface area contributed by atoms with Gasteiger partial charge >= 0.3 is 0 Å². The molecule has 0 aliphatic rings. The van der Waals surface area contributed by atoms with Crippen LogP contribution >= 0.6 is 0 Å². The SMILES string of the molecule is CCNCc1noc(-c2ccccc2OC)n1. The number of nitrogens with one attached hydrogen (secondary N) is 1. The first kappa shape index (κ1) is 11.6. The molecule has 90 valence electrons. The van der Waals surface area contributed by atoms with Crippen LogP contribution in [0.15, 0.2) is 28.8 Å². The molecule has 0 fully saturated rings. The number of aromatic nitrogens is 2. The van der Waals surface area contributed by atoms with Crippen molar-refractivity contribution in [2.75, 3.05) is 13.7 Å². The lowest BCUT2D eigenvalue weighted by Crippen LogP contribution is -2.12. The maximum Gasteiger partial charge on any atom is 0.261 e. The molecule has 1 heterocycles. The number of benzene rings is 1. The third kappa shape index (κ3) is 2.62. The van der Waals surface area contributed by atoms with Crippen molar-refractivity contribution < 1.29 is 9.26 Å². The van der Waals surface area contributed by atoms with E-state index in [1.54, 1.807) is 7.11 Å². The topological polar surface area (TPSA) is 60.2 Å². The lowest BCUT2D eigenvalue weighted by atomic mass is 10.2.